The molecule has 1 saturated heterocycles. The maximum absolute atomic E-state index is 5.45. The van der Waals surface area contributed by atoms with Gasteiger partial charge in [-0.1, -0.05) is 36.4 Å². The van der Waals surface area contributed by atoms with Gasteiger partial charge in [0.2, 0.25) is 0 Å². The van der Waals surface area contributed by atoms with Gasteiger partial charge in [0.1, 0.15) is 0 Å². The summed E-state index contributed by atoms with van der Waals surface area (Å²) in [6.07, 6.45) is 2.01. The van der Waals surface area contributed by atoms with Crippen LogP contribution in [0.4, 0.5) is 0 Å². The number of morpholine rings is 1. The van der Waals surface area contributed by atoms with Gasteiger partial charge >= 0.3 is 0 Å². The largest absolute Gasteiger partial charge is 0.379 e. The summed E-state index contributed by atoms with van der Waals surface area (Å²) in [5.41, 5.74) is 5.34. The van der Waals surface area contributed by atoms with E-state index in [-0.39, 0.29) is 0 Å². The lowest BCUT2D eigenvalue weighted by atomic mass is 10.1. The summed E-state index contributed by atoms with van der Waals surface area (Å²) in [5.74, 6) is 0. The van der Waals surface area contributed by atoms with Gasteiger partial charge in [-0.2, -0.15) is 0 Å². The maximum Gasteiger partial charge on any atom is 0.0594 e. The molecule has 0 bridgehead atoms. The minimum atomic E-state index is 0.848. The fourth-order valence-electron chi connectivity index (χ4n) is 3.52. The van der Waals surface area contributed by atoms with E-state index in [1.165, 1.54) is 27.6 Å². The van der Waals surface area contributed by atoms with Crippen LogP contribution in [0.2, 0.25) is 0 Å². The van der Waals surface area contributed by atoms with Crippen LogP contribution in [0.5, 0.6) is 0 Å². The van der Waals surface area contributed by atoms with Crippen LogP contribution >= 0.6 is 0 Å². The second-order valence-electron chi connectivity index (χ2n) is 6.62. The zero-order chi connectivity index (χ0) is 16.9. The number of aromatic nitrogens is 1. The number of benzene rings is 2. The quantitative estimate of drug-likeness (QED) is 0.726. The average molecular weight is 335 g/mol. The predicted octanol–water partition coefficient (Wildman–Crippen LogP) is 3.29. The molecule has 2 aromatic carbocycles. The van der Waals surface area contributed by atoms with Gasteiger partial charge in [0, 0.05) is 49.8 Å². The van der Waals surface area contributed by atoms with Crippen molar-refractivity contribution >= 4 is 10.9 Å². The Kier molecular flexibility index (Phi) is 5.11. The summed E-state index contributed by atoms with van der Waals surface area (Å²) in [6.45, 7) is 6.52. The van der Waals surface area contributed by atoms with Crippen LogP contribution in [0.15, 0.2) is 54.7 Å². The van der Waals surface area contributed by atoms with E-state index >= 15 is 0 Å². The van der Waals surface area contributed by atoms with Gasteiger partial charge in [-0.05, 0) is 28.8 Å². The van der Waals surface area contributed by atoms with Crippen molar-refractivity contribution in [2.24, 2.45) is 0 Å². The Balaban J connectivity index is 1.40. The van der Waals surface area contributed by atoms with Gasteiger partial charge in [-0.25, -0.2) is 0 Å². The summed E-state index contributed by atoms with van der Waals surface area (Å²) < 4.78 is 5.45. The van der Waals surface area contributed by atoms with Crippen molar-refractivity contribution in [3.05, 3.63) is 71.4 Å². The van der Waals surface area contributed by atoms with E-state index in [1.54, 1.807) is 0 Å². The molecule has 0 saturated carbocycles. The molecule has 0 unspecified atom stereocenters. The second kappa shape index (κ2) is 7.83. The highest BCUT2D eigenvalue weighted by Gasteiger charge is 2.12. The molecule has 1 fully saturated rings. The monoisotopic (exact) mass is 335 g/mol. The topological polar surface area (TPSA) is 40.3 Å². The summed E-state index contributed by atoms with van der Waals surface area (Å²) in [7, 11) is 0. The first-order chi connectivity index (χ1) is 12.4. The van der Waals surface area contributed by atoms with Crippen LogP contribution in [0.25, 0.3) is 10.9 Å². The fraction of sp³-hybridized carbons (Fsp3) is 0.333. The molecule has 25 heavy (non-hydrogen) atoms. The summed E-state index contributed by atoms with van der Waals surface area (Å²) in [6, 6.07) is 17.3. The number of ether oxygens (including phenoxy) is 1. The molecule has 4 rings (SSSR count). The first-order valence-electron chi connectivity index (χ1n) is 9.03. The van der Waals surface area contributed by atoms with Crippen molar-refractivity contribution in [2.45, 2.75) is 19.6 Å². The molecule has 3 aromatic rings. The zero-order valence-electron chi connectivity index (χ0n) is 14.5. The maximum atomic E-state index is 5.45. The molecule has 0 amide bonds. The van der Waals surface area contributed by atoms with E-state index in [4.69, 9.17) is 4.74 Å². The number of fused-ring (bicyclic) bond motifs is 1. The average Bonchev–Trinajstić information content (AvgIpc) is 3.14. The van der Waals surface area contributed by atoms with Gasteiger partial charge in [-0.3, -0.25) is 4.90 Å². The third kappa shape index (κ3) is 3.93. The van der Waals surface area contributed by atoms with Gasteiger partial charge in [0.05, 0.1) is 13.2 Å². The Bertz CT molecular complexity index is 821. The Morgan fingerprint density at radius 1 is 0.880 bits per heavy atom. The van der Waals surface area contributed by atoms with Crippen molar-refractivity contribution in [3.63, 3.8) is 0 Å². The Morgan fingerprint density at radius 3 is 2.52 bits per heavy atom. The number of nitrogens with one attached hydrogen (secondary N) is 2. The smallest absolute Gasteiger partial charge is 0.0594 e. The van der Waals surface area contributed by atoms with Crippen LogP contribution in [-0.4, -0.2) is 36.2 Å². The van der Waals surface area contributed by atoms with Gasteiger partial charge < -0.3 is 15.0 Å². The highest BCUT2D eigenvalue weighted by Crippen LogP contribution is 2.18. The zero-order valence-corrected chi connectivity index (χ0v) is 14.5. The molecule has 0 aliphatic carbocycles. The summed E-state index contributed by atoms with van der Waals surface area (Å²) >= 11 is 0. The lowest BCUT2D eigenvalue weighted by Gasteiger charge is -2.27. The van der Waals surface area contributed by atoms with Crippen LogP contribution in [-0.2, 0) is 24.4 Å². The molecule has 1 aliphatic rings. The lowest BCUT2D eigenvalue weighted by molar-refractivity contribution is 0.0340. The SMILES string of the molecule is c1ccc(CN2CCOCC2)c(CNCc2cccc3[nH]ccc23)c1. The minimum Gasteiger partial charge on any atom is -0.379 e. The van der Waals surface area contributed by atoms with E-state index in [2.05, 4.69) is 63.7 Å². The van der Waals surface area contributed by atoms with Crippen LogP contribution < -0.4 is 5.32 Å². The molecule has 2 heterocycles. The van der Waals surface area contributed by atoms with Crippen LogP contribution in [0.1, 0.15) is 16.7 Å². The molecular weight excluding hydrogens is 310 g/mol. The highest BCUT2D eigenvalue weighted by atomic mass is 16.5. The molecule has 130 valence electrons. The molecule has 4 heteroatoms. The number of nitrogens with zero attached hydrogens (tertiary/aromatic N) is 1. The van der Waals surface area contributed by atoms with E-state index in [1.807, 2.05) is 6.20 Å². The molecule has 0 spiro atoms. The van der Waals surface area contributed by atoms with Crippen molar-refractivity contribution in [1.82, 2.24) is 15.2 Å². The Labute approximate surface area is 148 Å². The van der Waals surface area contributed by atoms with Gasteiger partial charge in [-0.15, -0.1) is 0 Å². The van der Waals surface area contributed by atoms with E-state index in [0.717, 1.165) is 45.9 Å². The number of rotatable bonds is 6. The lowest BCUT2D eigenvalue weighted by Crippen LogP contribution is -2.36. The molecule has 0 atom stereocenters. The molecular formula is C21H25N3O. The van der Waals surface area contributed by atoms with Crippen molar-refractivity contribution in [3.8, 4) is 0 Å². The molecule has 2 N–H and O–H groups in total. The number of hydrogen-bond acceptors (Lipinski definition) is 3. The normalized spacial score (nSPS) is 15.7. The highest BCUT2D eigenvalue weighted by molar-refractivity contribution is 5.82. The van der Waals surface area contributed by atoms with E-state index in [0.29, 0.717) is 0 Å². The number of H-pyrrole nitrogens is 1. The number of aromatic amines is 1. The third-order valence-corrected chi connectivity index (χ3v) is 4.93. The Morgan fingerprint density at radius 2 is 1.64 bits per heavy atom. The standard InChI is InChI=1S/C21H25N3O/c1-2-5-19(16-24-10-12-25-13-11-24)17(4-1)14-22-15-18-6-3-7-21-20(18)8-9-23-21/h1-9,22-23H,10-16H2. The van der Waals surface area contributed by atoms with Crippen molar-refractivity contribution in [1.29, 1.82) is 0 Å². The summed E-state index contributed by atoms with van der Waals surface area (Å²) in [5, 5.41) is 4.92. The predicted molar refractivity (Wildman–Crippen MR) is 101 cm³/mol. The molecule has 0 radical (unpaired) electrons. The first kappa shape index (κ1) is 16.3. The van der Waals surface area contributed by atoms with Crippen molar-refractivity contribution < 1.29 is 4.74 Å². The van der Waals surface area contributed by atoms with Crippen molar-refractivity contribution in [2.75, 3.05) is 26.3 Å². The third-order valence-electron chi connectivity index (χ3n) is 4.93. The van der Waals surface area contributed by atoms with Gasteiger partial charge in [0.15, 0.2) is 0 Å². The molecule has 1 aliphatic heterocycles. The van der Waals surface area contributed by atoms with Crippen LogP contribution in [0, 0.1) is 0 Å². The minimum absolute atomic E-state index is 0.848. The first-order valence-corrected chi connectivity index (χ1v) is 9.03. The fourth-order valence-corrected chi connectivity index (χ4v) is 3.52. The van der Waals surface area contributed by atoms with E-state index in [9.17, 15) is 0 Å². The Hall–Kier alpha value is -2.14. The van der Waals surface area contributed by atoms with E-state index < -0.39 is 0 Å². The van der Waals surface area contributed by atoms with Gasteiger partial charge in [0.25, 0.3) is 0 Å². The molecule has 1 aromatic heterocycles. The van der Waals surface area contributed by atoms with Crippen LogP contribution in [0.3, 0.4) is 0 Å². The summed E-state index contributed by atoms with van der Waals surface area (Å²) in [4.78, 5) is 5.75. The molecule has 4 nitrogen and oxygen atoms in total. The number of hydrogen-bond donors (Lipinski definition) is 2. The second-order valence-corrected chi connectivity index (χ2v) is 6.62.